The molecule has 0 aliphatic carbocycles. The highest BCUT2D eigenvalue weighted by molar-refractivity contribution is 5.74. The lowest BCUT2D eigenvalue weighted by Gasteiger charge is -2.33. The molecule has 8 heteroatoms. The molecule has 0 aromatic heterocycles. The van der Waals surface area contributed by atoms with Gasteiger partial charge >= 0.3 is 5.97 Å². The van der Waals surface area contributed by atoms with E-state index in [1.54, 1.807) is 0 Å². The zero-order valence-corrected chi connectivity index (χ0v) is 10.5. The number of carboxylic acid groups (broad SMARTS) is 1. The van der Waals surface area contributed by atoms with Crippen molar-refractivity contribution >= 4 is 5.97 Å². The lowest BCUT2D eigenvalue weighted by Crippen LogP contribution is -2.42. The van der Waals surface area contributed by atoms with Crippen LogP contribution in [0.1, 0.15) is 19.3 Å². The number of hydrogen-bond acceptors (Lipinski definition) is 7. The fourth-order valence-corrected chi connectivity index (χ4v) is 2.06. The summed E-state index contributed by atoms with van der Waals surface area (Å²) in [5.41, 5.74) is -1.74. The Morgan fingerprint density at radius 2 is 1.05 bits per heavy atom. The Morgan fingerprint density at radius 3 is 1.21 bits per heavy atom. The first-order valence-electron chi connectivity index (χ1n) is 5.91. The molecule has 0 aromatic carbocycles. The highest BCUT2D eigenvalue weighted by atomic mass is 16.4. The average Bonchev–Trinajstić information content (AvgIpc) is 2.37. The van der Waals surface area contributed by atoms with Gasteiger partial charge in [0.25, 0.3) is 0 Å². The van der Waals surface area contributed by atoms with Crippen molar-refractivity contribution in [2.45, 2.75) is 37.6 Å². The minimum atomic E-state index is -1.74. The Labute approximate surface area is 110 Å². The number of aliphatic carboxylic acids is 1. The quantitative estimate of drug-likeness (QED) is 0.228. The molecule has 0 aromatic rings. The molecule has 0 bridgehead atoms. The molecule has 3 atom stereocenters. The van der Waals surface area contributed by atoms with Crippen molar-refractivity contribution in [3.63, 3.8) is 0 Å². The average molecular weight is 282 g/mol. The minimum Gasteiger partial charge on any atom is -0.481 e. The smallest absolute Gasteiger partial charge is 0.309 e. The Hall–Kier alpha value is -0.770. The maximum Gasteiger partial charge on any atom is 0.309 e. The molecular weight excluding hydrogens is 260 g/mol. The van der Waals surface area contributed by atoms with Crippen LogP contribution in [-0.2, 0) is 4.79 Å². The van der Waals surface area contributed by atoms with Crippen LogP contribution in [0.3, 0.4) is 0 Å². The monoisotopic (exact) mass is 282 g/mol. The summed E-state index contributed by atoms with van der Waals surface area (Å²) in [5, 5.41) is 63.9. The molecule has 0 fully saturated rings. The largest absolute Gasteiger partial charge is 0.481 e. The fourth-order valence-electron chi connectivity index (χ4n) is 2.06. The summed E-state index contributed by atoms with van der Waals surface area (Å²) >= 11 is 0. The van der Waals surface area contributed by atoms with E-state index in [0.29, 0.717) is 0 Å². The molecule has 7 N–H and O–H groups in total. The van der Waals surface area contributed by atoms with Crippen LogP contribution >= 0.6 is 0 Å². The Morgan fingerprint density at radius 1 is 0.789 bits per heavy atom. The van der Waals surface area contributed by atoms with Gasteiger partial charge in [0.15, 0.2) is 0 Å². The summed E-state index contributed by atoms with van der Waals surface area (Å²) in [7, 11) is 0. The summed E-state index contributed by atoms with van der Waals surface area (Å²) in [6.07, 6.45) is -5.25. The van der Waals surface area contributed by atoms with E-state index >= 15 is 0 Å². The van der Waals surface area contributed by atoms with E-state index in [2.05, 4.69) is 0 Å². The van der Waals surface area contributed by atoms with Crippen LogP contribution in [0.5, 0.6) is 0 Å². The van der Waals surface area contributed by atoms with E-state index < -0.39 is 68.8 Å². The van der Waals surface area contributed by atoms with E-state index in [4.69, 9.17) is 15.3 Å². The first kappa shape index (κ1) is 18.2. The van der Waals surface area contributed by atoms with Crippen LogP contribution in [0.15, 0.2) is 0 Å². The molecule has 0 aliphatic rings. The Bertz CT molecular complexity index is 238. The van der Waals surface area contributed by atoms with Crippen molar-refractivity contribution in [3.8, 4) is 0 Å². The molecule has 0 radical (unpaired) electrons. The molecule has 0 aliphatic heterocycles. The first-order chi connectivity index (χ1) is 8.81. The number of rotatable bonds is 10. The molecule has 8 nitrogen and oxygen atoms in total. The summed E-state index contributed by atoms with van der Waals surface area (Å²) in [6.45, 7) is -2.00. The van der Waals surface area contributed by atoms with Crippen LogP contribution in [0, 0.1) is 5.41 Å². The summed E-state index contributed by atoms with van der Waals surface area (Å²) in [4.78, 5) is 11.4. The first-order valence-corrected chi connectivity index (χ1v) is 5.91. The van der Waals surface area contributed by atoms with Gasteiger partial charge in [-0.1, -0.05) is 0 Å². The van der Waals surface area contributed by atoms with E-state index in [1.165, 1.54) is 0 Å². The second kappa shape index (κ2) is 8.41. The van der Waals surface area contributed by atoms with Crippen LogP contribution in [-0.4, -0.2) is 79.8 Å². The van der Waals surface area contributed by atoms with E-state index in [-0.39, 0.29) is 0 Å². The van der Waals surface area contributed by atoms with E-state index in [9.17, 15) is 25.2 Å². The van der Waals surface area contributed by atoms with Gasteiger partial charge in [-0.3, -0.25) is 4.79 Å². The van der Waals surface area contributed by atoms with Gasteiger partial charge in [0.2, 0.25) is 0 Å². The van der Waals surface area contributed by atoms with Gasteiger partial charge in [0, 0.05) is 0 Å². The number of carboxylic acids is 1. The molecule has 19 heavy (non-hydrogen) atoms. The highest BCUT2D eigenvalue weighted by Crippen LogP contribution is 2.35. The predicted octanol–water partition coefficient (Wildman–Crippen LogP) is -2.71. The van der Waals surface area contributed by atoms with E-state index in [0.717, 1.165) is 0 Å². The van der Waals surface area contributed by atoms with Gasteiger partial charge < -0.3 is 35.7 Å². The molecule has 0 saturated carbocycles. The van der Waals surface area contributed by atoms with Gasteiger partial charge in [-0.25, -0.2) is 0 Å². The standard InChI is InChI=1S/C11H22O8/c12-4-7(15)1-11(10(18)19,2-8(16)5-13)3-9(17)6-14/h7-9,12-17H,1-6H2,(H,18,19). The molecular formula is C11H22O8. The van der Waals surface area contributed by atoms with Gasteiger partial charge in [-0.05, 0) is 19.3 Å². The topological polar surface area (TPSA) is 159 Å². The van der Waals surface area contributed by atoms with Crippen LogP contribution in [0.25, 0.3) is 0 Å². The van der Waals surface area contributed by atoms with Crippen LogP contribution in [0.4, 0.5) is 0 Å². The van der Waals surface area contributed by atoms with Crippen molar-refractivity contribution in [1.29, 1.82) is 0 Å². The number of hydrogen-bond donors (Lipinski definition) is 7. The van der Waals surface area contributed by atoms with E-state index in [1.807, 2.05) is 0 Å². The number of carbonyl (C=O) groups is 1. The van der Waals surface area contributed by atoms with Gasteiger partial charge in [-0.2, -0.15) is 0 Å². The Kier molecular flexibility index (Phi) is 8.07. The number of aliphatic hydroxyl groups is 6. The lowest BCUT2D eigenvalue weighted by molar-refractivity contribution is -0.157. The van der Waals surface area contributed by atoms with Crippen LogP contribution in [0.2, 0.25) is 0 Å². The molecule has 0 heterocycles. The van der Waals surface area contributed by atoms with Crippen molar-refractivity contribution in [1.82, 2.24) is 0 Å². The van der Waals surface area contributed by atoms with Crippen LogP contribution < -0.4 is 0 Å². The third kappa shape index (κ3) is 5.81. The zero-order valence-electron chi connectivity index (χ0n) is 10.5. The SMILES string of the molecule is O=C(O)C(CC(O)CO)(CC(O)CO)CC(O)CO. The van der Waals surface area contributed by atoms with Crippen molar-refractivity contribution < 1.29 is 40.5 Å². The molecule has 114 valence electrons. The minimum absolute atomic E-state index is 0.410. The Balaban J connectivity index is 5.15. The zero-order chi connectivity index (χ0) is 15.1. The lowest BCUT2D eigenvalue weighted by atomic mass is 9.73. The summed E-state index contributed by atoms with van der Waals surface area (Å²) in [6, 6.07) is 0. The molecule has 0 saturated heterocycles. The maximum absolute atomic E-state index is 11.4. The predicted molar refractivity (Wildman–Crippen MR) is 63.2 cm³/mol. The molecule has 3 unspecified atom stereocenters. The fraction of sp³-hybridized carbons (Fsp3) is 0.909. The third-order valence-corrected chi connectivity index (χ3v) is 2.97. The summed E-state index contributed by atoms with van der Waals surface area (Å²) in [5.74, 6) is -1.39. The second-order valence-corrected chi connectivity index (χ2v) is 4.71. The number of aliphatic hydroxyl groups excluding tert-OH is 6. The van der Waals surface area contributed by atoms with Crippen molar-refractivity contribution in [3.05, 3.63) is 0 Å². The van der Waals surface area contributed by atoms with Gasteiger partial charge in [0.1, 0.15) is 0 Å². The van der Waals surface area contributed by atoms with Crippen molar-refractivity contribution in [2.24, 2.45) is 5.41 Å². The molecule has 0 amide bonds. The summed E-state index contributed by atoms with van der Waals surface area (Å²) < 4.78 is 0. The van der Waals surface area contributed by atoms with Gasteiger partial charge in [0.05, 0.1) is 43.5 Å². The highest BCUT2D eigenvalue weighted by Gasteiger charge is 2.43. The van der Waals surface area contributed by atoms with Gasteiger partial charge in [-0.15, -0.1) is 0 Å². The van der Waals surface area contributed by atoms with Crippen molar-refractivity contribution in [2.75, 3.05) is 19.8 Å². The maximum atomic E-state index is 11.4. The third-order valence-electron chi connectivity index (χ3n) is 2.97. The molecule has 0 rings (SSSR count). The second-order valence-electron chi connectivity index (χ2n) is 4.71. The molecule has 0 spiro atoms. The normalized spacial score (nSPS) is 19.5.